The highest BCUT2D eigenvalue weighted by Gasteiger charge is 2.18. The van der Waals surface area contributed by atoms with Gasteiger partial charge in [-0.25, -0.2) is 13.6 Å². The number of halogens is 2. The minimum atomic E-state index is -1.59. The van der Waals surface area contributed by atoms with Crippen molar-refractivity contribution >= 4 is 11.8 Å². The summed E-state index contributed by atoms with van der Waals surface area (Å²) in [6.45, 7) is 0.0145. The number of nitrogens with two attached hydrogens (primary N) is 1. The molecule has 1 aromatic rings. The largest absolute Gasteiger partial charge is 0.478 e. The van der Waals surface area contributed by atoms with Crippen molar-refractivity contribution in [2.45, 2.75) is 6.42 Å². The zero-order chi connectivity index (χ0) is 12.3. The summed E-state index contributed by atoms with van der Waals surface area (Å²) in [5, 5.41) is 8.51. The van der Waals surface area contributed by atoms with Crippen molar-refractivity contribution in [3.63, 3.8) is 0 Å². The average molecular weight is 229 g/mol. The van der Waals surface area contributed by atoms with E-state index in [2.05, 4.69) is 0 Å². The molecule has 0 saturated carbocycles. The normalized spacial score (nSPS) is 10.2. The minimum absolute atomic E-state index is 0.0145. The molecule has 6 heteroatoms. The van der Waals surface area contributed by atoms with Crippen molar-refractivity contribution in [1.82, 2.24) is 0 Å². The third-order valence-electron chi connectivity index (χ3n) is 1.96. The van der Waals surface area contributed by atoms with Gasteiger partial charge in [-0.2, -0.15) is 0 Å². The van der Waals surface area contributed by atoms with Crippen LogP contribution in [0.25, 0.3) is 0 Å². The van der Waals surface area contributed by atoms with E-state index in [4.69, 9.17) is 10.8 Å². The molecule has 86 valence electrons. The monoisotopic (exact) mass is 229 g/mol. The van der Waals surface area contributed by atoms with E-state index in [1.807, 2.05) is 0 Å². The number of ketones is 1. The van der Waals surface area contributed by atoms with Crippen LogP contribution in [0.5, 0.6) is 0 Å². The van der Waals surface area contributed by atoms with Crippen LogP contribution in [0.2, 0.25) is 0 Å². The molecular formula is C10H9F2NO3. The van der Waals surface area contributed by atoms with E-state index < -0.39 is 34.5 Å². The molecule has 1 rings (SSSR count). The molecule has 0 aliphatic rings. The Balaban J connectivity index is 3.20. The molecule has 0 heterocycles. The molecule has 0 aromatic heterocycles. The summed E-state index contributed by atoms with van der Waals surface area (Å²) < 4.78 is 26.4. The smallest absolute Gasteiger partial charge is 0.338 e. The van der Waals surface area contributed by atoms with Gasteiger partial charge >= 0.3 is 5.97 Å². The van der Waals surface area contributed by atoms with E-state index >= 15 is 0 Å². The molecule has 0 bridgehead atoms. The Hall–Kier alpha value is -1.82. The molecule has 0 aliphatic heterocycles. The Labute approximate surface area is 89.7 Å². The molecule has 3 N–H and O–H groups in total. The summed E-state index contributed by atoms with van der Waals surface area (Å²) in [7, 11) is 0. The molecule has 16 heavy (non-hydrogen) atoms. The number of hydrogen-bond donors (Lipinski definition) is 2. The van der Waals surface area contributed by atoms with E-state index in [0.29, 0.717) is 12.1 Å². The van der Waals surface area contributed by atoms with Crippen molar-refractivity contribution < 1.29 is 23.5 Å². The second kappa shape index (κ2) is 4.80. The summed E-state index contributed by atoms with van der Waals surface area (Å²) >= 11 is 0. The lowest BCUT2D eigenvalue weighted by Gasteiger charge is -2.04. The van der Waals surface area contributed by atoms with Gasteiger partial charge in [-0.15, -0.1) is 0 Å². The fourth-order valence-corrected chi connectivity index (χ4v) is 1.19. The quantitative estimate of drug-likeness (QED) is 0.760. The molecule has 0 unspecified atom stereocenters. The van der Waals surface area contributed by atoms with Crippen LogP contribution >= 0.6 is 0 Å². The summed E-state index contributed by atoms with van der Waals surface area (Å²) in [5.41, 5.74) is 3.82. The Morgan fingerprint density at radius 1 is 1.19 bits per heavy atom. The van der Waals surface area contributed by atoms with Crippen molar-refractivity contribution in [2.24, 2.45) is 5.73 Å². The predicted octanol–water partition coefficient (Wildman–Crippen LogP) is 1.19. The summed E-state index contributed by atoms with van der Waals surface area (Å²) in [6, 6.07) is 1.07. The maximum Gasteiger partial charge on any atom is 0.338 e. The number of carbonyl (C=O) groups is 2. The predicted molar refractivity (Wildman–Crippen MR) is 51.3 cm³/mol. The molecule has 4 nitrogen and oxygen atoms in total. The van der Waals surface area contributed by atoms with Crippen LogP contribution < -0.4 is 5.73 Å². The highest BCUT2D eigenvalue weighted by molar-refractivity contribution is 5.97. The summed E-state index contributed by atoms with van der Waals surface area (Å²) in [6.07, 6.45) is -0.122. The summed E-state index contributed by atoms with van der Waals surface area (Å²) in [5.74, 6) is -4.45. The number of rotatable bonds is 4. The van der Waals surface area contributed by atoms with Crippen molar-refractivity contribution in [2.75, 3.05) is 6.54 Å². The van der Waals surface area contributed by atoms with Crippen molar-refractivity contribution in [1.29, 1.82) is 0 Å². The van der Waals surface area contributed by atoms with Crippen LogP contribution in [0, 0.1) is 11.6 Å². The molecule has 0 saturated heterocycles. The maximum absolute atomic E-state index is 13.3. The highest BCUT2D eigenvalue weighted by Crippen LogP contribution is 2.16. The summed E-state index contributed by atoms with van der Waals surface area (Å²) in [4.78, 5) is 21.7. The van der Waals surface area contributed by atoms with E-state index in [-0.39, 0.29) is 13.0 Å². The number of benzene rings is 1. The van der Waals surface area contributed by atoms with Crippen LogP contribution in [0.4, 0.5) is 8.78 Å². The van der Waals surface area contributed by atoms with Gasteiger partial charge in [-0.1, -0.05) is 0 Å². The third kappa shape index (κ3) is 2.40. The van der Waals surface area contributed by atoms with E-state index in [0.717, 1.165) is 0 Å². The minimum Gasteiger partial charge on any atom is -0.478 e. The first-order valence-electron chi connectivity index (χ1n) is 4.43. The lowest BCUT2D eigenvalue weighted by atomic mass is 10.0. The van der Waals surface area contributed by atoms with Crippen LogP contribution in [0.15, 0.2) is 12.1 Å². The first-order chi connectivity index (χ1) is 7.47. The highest BCUT2D eigenvalue weighted by atomic mass is 19.1. The number of carboxylic acids is 1. The van der Waals surface area contributed by atoms with Gasteiger partial charge in [0.05, 0.1) is 11.1 Å². The van der Waals surface area contributed by atoms with Crippen molar-refractivity contribution in [3.8, 4) is 0 Å². The van der Waals surface area contributed by atoms with Crippen LogP contribution in [0.3, 0.4) is 0 Å². The van der Waals surface area contributed by atoms with E-state index in [1.165, 1.54) is 0 Å². The van der Waals surface area contributed by atoms with Crippen molar-refractivity contribution in [3.05, 3.63) is 34.9 Å². The molecule has 0 radical (unpaired) electrons. The number of Topliss-reactive ketones (excluding diaryl/α,β-unsaturated/α-hetero) is 1. The fraction of sp³-hybridized carbons (Fsp3) is 0.200. The molecule has 1 aromatic carbocycles. The molecular weight excluding hydrogens is 220 g/mol. The molecule has 0 spiro atoms. The second-order valence-electron chi connectivity index (χ2n) is 3.08. The van der Waals surface area contributed by atoms with Gasteiger partial charge in [0.15, 0.2) is 5.78 Å². The third-order valence-corrected chi connectivity index (χ3v) is 1.96. The van der Waals surface area contributed by atoms with E-state index in [1.54, 1.807) is 0 Å². The van der Waals surface area contributed by atoms with Gasteiger partial charge < -0.3 is 10.8 Å². The number of aromatic carboxylic acids is 1. The zero-order valence-electron chi connectivity index (χ0n) is 8.17. The van der Waals surface area contributed by atoms with E-state index in [9.17, 15) is 18.4 Å². The molecule has 0 fully saturated rings. The van der Waals surface area contributed by atoms with Gasteiger partial charge in [0.1, 0.15) is 11.6 Å². The van der Waals surface area contributed by atoms with Gasteiger partial charge in [0.25, 0.3) is 0 Å². The Kier molecular flexibility index (Phi) is 3.68. The van der Waals surface area contributed by atoms with Gasteiger partial charge in [-0.3, -0.25) is 4.79 Å². The van der Waals surface area contributed by atoms with Crippen LogP contribution in [-0.4, -0.2) is 23.4 Å². The first-order valence-corrected chi connectivity index (χ1v) is 4.43. The molecule has 0 amide bonds. The van der Waals surface area contributed by atoms with Crippen LogP contribution in [0.1, 0.15) is 27.1 Å². The Morgan fingerprint density at radius 2 is 1.69 bits per heavy atom. The lowest BCUT2D eigenvalue weighted by molar-refractivity contribution is 0.0690. The zero-order valence-corrected chi connectivity index (χ0v) is 8.17. The lowest BCUT2D eigenvalue weighted by Crippen LogP contribution is -2.12. The van der Waals surface area contributed by atoms with Gasteiger partial charge in [0, 0.05) is 6.42 Å². The number of hydrogen-bond acceptors (Lipinski definition) is 3. The number of carbonyl (C=O) groups excluding carboxylic acids is 1. The van der Waals surface area contributed by atoms with Crippen LogP contribution in [-0.2, 0) is 0 Å². The average Bonchev–Trinajstić information content (AvgIpc) is 2.20. The Bertz CT molecular complexity index is 446. The Morgan fingerprint density at radius 3 is 2.19 bits per heavy atom. The second-order valence-corrected chi connectivity index (χ2v) is 3.08. The maximum atomic E-state index is 13.3. The topological polar surface area (TPSA) is 80.4 Å². The van der Waals surface area contributed by atoms with Gasteiger partial charge in [0.2, 0.25) is 0 Å². The fourth-order valence-electron chi connectivity index (χ4n) is 1.19. The molecule has 0 atom stereocenters. The SMILES string of the molecule is NCCC(=O)c1cc(F)c(C(=O)O)cc1F. The molecule has 0 aliphatic carbocycles. The first kappa shape index (κ1) is 12.3. The van der Waals surface area contributed by atoms with Gasteiger partial charge in [-0.05, 0) is 18.7 Å². The number of carboxylic acid groups (broad SMARTS) is 1. The standard InChI is InChI=1S/C10H9F2NO3/c11-7-4-6(10(15)16)8(12)3-5(7)9(14)1-2-13/h3-4H,1-2,13H2,(H,15,16).